The molecule has 0 atom stereocenters. The lowest BCUT2D eigenvalue weighted by Gasteiger charge is -2.08. The van der Waals surface area contributed by atoms with Gasteiger partial charge in [-0.3, -0.25) is 9.59 Å². The predicted octanol–water partition coefficient (Wildman–Crippen LogP) is 2.72. The number of carboxylic acids is 1. The second kappa shape index (κ2) is 10.3. The van der Waals surface area contributed by atoms with Crippen molar-refractivity contribution < 1.29 is 19.4 Å². The monoisotopic (exact) mass is 364 g/mol. The first-order valence-electron chi connectivity index (χ1n) is 7.63. The maximum atomic E-state index is 12.2. The lowest BCUT2D eigenvalue weighted by atomic mass is 10.1. The summed E-state index contributed by atoms with van der Waals surface area (Å²) >= 11 is 0. The molecule has 0 saturated heterocycles. The standard InChI is InChI=1S/C18H20N2O4.ClH/c19-11-12-24-16-8-4-14(5-9-16)18(23)20-15-6-1-13(2-7-15)3-10-17(21)22;/h1-2,4-9H,3,10-12,19H2,(H,20,23)(H,21,22);1H. The molecule has 1 amide bonds. The summed E-state index contributed by atoms with van der Waals surface area (Å²) in [6.07, 6.45) is 0.554. The number of benzene rings is 2. The number of carboxylic acid groups (broad SMARTS) is 1. The summed E-state index contributed by atoms with van der Waals surface area (Å²) < 4.78 is 5.36. The SMILES string of the molecule is Cl.NCCOc1ccc(C(=O)Nc2ccc(CCC(=O)O)cc2)cc1. The Kier molecular flexibility index (Phi) is 8.46. The fourth-order valence-electron chi connectivity index (χ4n) is 2.09. The number of aryl methyl sites for hydroxylation is 1. The van der Waals surface area contributed by atoms with Crippen molar-refractivity contribution in [2.24, 2.45) is 5.73 Å². The smallest absolute Gasteiger partial charge is 0.303 e. The number of anilines is 1. The third kappa shape index (κ3) is 6.82. The second-order valence-corrected chi connectivity index (χ2v) is 5.21. The Hall–Kier alpha value is -2.57. The van der Waals surface area contributed by atoms with E-state index in [1.807, 2.05) is 12.1 Å². The van der Waals surface area contributed by atoms with Gasteiger partial charge in [0.2, 0.25) is 0 Å². The van der Waals surface area contributed by atoms with E-state index in [0.717, 1.165) is 5.56 Å². The second-order valence-electron chi connectivity index (χ2n) is 5.21. The molecule has 0 aliphatic carbocycles. The first-order chi connectivity index (χ1) is 11.6. The molecule has 2 aromatic carbocycles. The van der Waals surface area contributed by atoms with Crippen LogP contribution in [-0.4, -0.2) is 30.1 Å². The van der Waals surface area contributed by atoms with Crippen molar-refractivity contribution in [2.45, 2.75) is 12.8 Å². The van der Waals surface area contributed by atoms with E-state index in [-0.39, 0.29) is 24.7 Å². The molecule has 0 aliphatic heterocycles. The quantitative estimate of drug-likeness (QED) is 0.668. The summed E-state index contributed by atoms with van der Waals surface area (Å²) in [6, 6.07) is 13.9. The van der Waals surface area contributed by atoms with Gasteiger partial charge >= 0.3 is 5.97 Å². The fraction of sp³-hybridized carbons (Fsp3) is 0.222. The largest absolute Gasteiger partial charge is 0.492 e. The number of rotatable bonds is 8. The van der Waals surface area contributed by atoms with Crippen LogP contribution >= 0.6 is 12.4 Å². The molecule has 0 radical (unpaired) electrons. The minimum Gasteiger partial charge on any atom is -0.492 e. The number of hydrogen-bond donors (Lipinski definition) is 3. The van der Waals surface area contributed by atoms with Crippen molar-refractivity contribution in [2.75, 3.05) is 18.5 Å². The summed E-state index contributed by atoms with van der Waals surface area (Å²) in [7, 11) is 0. The normalized spacial score (nSPS) is 9.80. The van der Waals surface area contributed by atoms with Gasteiger partial charge in [0, 0.05) is 24.2 Å². The Labute approximate surface area is 152 Å². The fourth-order valence-corrected chi connectivity index (χ4v) is 2.09. The van der Waals surface area contributed by atoms with Crippen molar-refractivity contribution in [1.82, 2.24) is 0 Å². The van der Waals surface area contributed by atoms with Crippen molar-refractivity contribution in [3.8, 4) is 5.75 Å². The van der Waals surface area contributed by atoms with Crippen LogP contribution in [0.4, 0.5) is 5.69 Å². The molecule has 0 unspecified atom stereocenters. The zero-order valence-electron chi connectivity index (χ0n) is 13.6. The van der Waals surface area contributed by atoms with E-state index in [2.05, 4.69) is 5.32 Å². The zero-order chi connectivity index (χ0) is 17.4. The maximum absolute atomic E-state index is 12.2. The van der Waals surface area contributed by atoms with Gasteiger partial charge in [-0.1, -0.05) is 12.1 Å². The number of ether oxygens (including phenoxy) is 1. The number of amides is 1. The molecule has 2 aromatic rings. The molecule has 0 bridgehead atoms. The van der Waals surface area contributed by atoms with Gasteiger partial charge in [0.1, 0.15) is 12.4 Å². The lowest BCUT2D eigenvalue weighted by Crippen LogP contribution is -2.12. The molecule has 0 spiro atoms. The summed E-state index contributed by atoms with van der Waals surface area (Å²) in [5.74, 6) is -0.385. The van der Waals surface area contributed by atoms with Crippen LogP contribution in [0.15, 0.2) is 48.5 Å². The van der Waals surface area contributed by atoms with Crippen LogP contribution in [0.1, 0.15) is 22.3 Å². The number of nitrogens with one attached hydrogen (secondary N) is 1. The Morgan fingerprint density at radius 1 is 1.04 bits per heavy atom. The number of carbonyl (C=O) groups excluding carboxylic acids is 1. The van der Waals surface area contributed by atoms with E-state index in [9.17, 15) is 9.59 Å². The summed E-state index contributed by atoms with van der Waals surface area (Å²) in [4.78, 5) is 22.7. The van der Waals surface area contributed by atoms with Crippen molar-refractivity contribution in [3.63, 3.8) is 0 Å². The number of hydrogen-bond acceptors (Lipinski definition) is 4. The average Bonchev–Trinajstić information content (AvgIpc) is 2.59. The molecule has 2 rings (SSSR count). The molecule has 7 heteroatoms. The van der Waals surface area contributed by atoms with Crippen LogP contribution in [0.3, 0.4) is 0 Å². The maximum Gasteiger partial charge on any atom is 0.303 e. The van der Waals surface area contributed by atoms with E-state index >= 15 is 0 Å². The van der Waals surface area contributed by atoms with Gasteiger partial charge in [0.05, 0.1) is 0 Å². The van der Waals surface area contributed by atoms with Crippen molar-refractivity contribution in [3.05, 3.63) is 59.7 Å². The van der Waals surface area contributed by atoms with Crippen LogP contribution in [0.25, 0.3) is 0 Å². The third-order valence-corrected chi connectivity index (χ3v) is 3.34. The molecule has 25 heavy (non-hydrogen) atoms. The first-order valence-corrected chi connectivity index (χ1v) is 7.63. The summed E-state index contributed by atoms with van der Waals surface area (Å²) in [5, 5.41) is 11.5. The van der Waals surface area contributed by atoms with Gasteiger partial charge in [0.15, 0.2) is 0 Å². The Balaban J connectivity index is 0.00000312. The Bertz CT molecular complexity index is 687. The van der Waals surface area contributed by atoms with Crippen LogP contribution in [0.5, 0.6) is 5.75 Å². The zero-order valence-corrected chi connectivity index (χ0v) is 14.4. The van der Waals surface area contributed by atoms with Crippen LogP contribution < -0.4 is 15.8 Å². The summed E-state index contributed by atoms with van der Waals surface area (Å²) in [5.41, 5.74) is 7.45. The highest BCUT2D eigenvalue weighted by atomic mass is 35.5. The molecule has 0 saturated carbocycles. The average molecular weight is 365 g/mol. The highest BCUT2D eigenvalue weighted by molar-refractivity contribution is 6.04. The summed E-state index contributed by atoms with van der Waals surface area (Å²) in [6.45, 7) is 0.866. The van der Waals surface area contributed by atoms with Crippen LogP contribution in [0, 0.1) is 0 Å². The van der Waals surface area contributed by atoms with Gasteiger partial charge < -0.3 is 20.9 Å². The van der Waals surface area contributed by atoms with Crippen LogP contribution in [0.2, 0.25) is 0 Å². The molecule has 0 heterocycles. The van der Waals surface area contributed by atoms with E-state index in [0.29, 0.717) is 36.6 Å². The molecule has 0 aromatic heterocycles. The van der Waals surface area contributed by atoms with E-state index < -0.39 is 5.97 Å². The molecular formula is C18H21ClN2O4. The minimum absolute atomic E-state index is 0. The van der Waals surface area contributed by atoms with Crippen molar-refractivity contribution in [1.29, 1.82) is 0 Å². The van der Waals surface area contributed by atoms with Gasteiger partial charge in [-0.15, -0.1) is 12.4 Å². The highest BCUT2D eigenvalue weighted by Gasteiger charge is 2.07. The highest BCUT2D eigenvalue weighted by Crippen LogP contribution is 2.15. The predicted molar refractivity (Wildman–Crippen MR) is 98.6 cm³/mol. The number of nitrogens with two attached hydrogens (primary N) is 1. The number of aliphatic carboxylic acids is 1. The minimum atomic E-state index is -0.828. The number of carbonyl (C=O) groups is 2. The lowest BCUT2D eigenvalue weighted by molar-refractivity contribution is -0.136. The van der Waals surface area contributed by atoms with Gasteiger partial charge in [-0.25, -0.2) is 0 Å². The van der Waals surface area contributed by atoms with Crippen molar-refractivity contribution >= 4 is 30.0 Å². The molecule has 6 nitrogen and oxygen atoms in total. The molecule has 134 valence electrons. The Morgan fingerprint density at radius 3 is 2.24 bits per heavy atom. The number of halogens is 1. The topological polar surface area (TPSA) is 102 Å². The third-order valence-electron chi connectivity index (χ3n) is 3.34. The first kappa shape index (κ1) is 20.5. The van der Waals surface area contributed by atoms with E-state index in [1.165, 1.54) is 0 Å². The van der Waals surface area contributed by atoms with Gasteiger partial charge in [-0.05, 0) is 48.4 Å². The Morgan fingerprint density at radius 2 is 1.68 bits per heavy atom. The van der Waals surface area contributed by atoms with Crippen LogP contribution in [-0.2, 0) is 11.2 Å². The van der Waals surface area contributed by atoms with Gasteiger partial charge in [0.25, 0.3) is 5.91 Å². The molecular weight excluding hydrogens is 344 g/mol. The van der Waals surface area contributed by atoms with E-state index in [1.54, 1.807) is 36.4 Å². The molecule has 0 fully saturated rings. The molecule has 0 aliphatic rings. The van der Waals surface area contributed by atoms with E-state index in [4.69, 9.17) is 15.6 Å². The van der Waals surface area contributed by atoms with Gasteiger partial charge in [-0.2, -0.15) is 0 Å². The molecule has 4 N–H and O–H groups in total.